The highest BCUT2D eigenvalue weighted by molar-refractivity contribution is 6.32. The van der Waals surface area contributed by atoms with Crippen molar-refractivity contribution in [3.05, 3.63) is 128 Å². The maximum atomic E-state index is 6.40. The molecule has 0 spiro atoms. The number of rotatable bonds is 2. The summed E-state index contributed by atoms with van der Waals surface area (Å²) in [6.07, 6.45) is 0. The number of fused-ring (bicyclic) bond motifs is 2. The van der Waals surface area contributed by atoms with E-state index in [-0.39, 0.29) is 0 Å². The average Bonchev–Trinajstić information content (AvgIpc) is 2.75. The minimum Gasteiger partial charge on any atom is -0.247 e. The van der Waals surface area contributed by atoms with Gasteiger partial charge in [0, 0.05) is 32.3 Å². The fourth-order valence-corrected chi connectivity index (χ4v) is 4.31. The van der Waals surface area contributed by atoms with Gasteiger partial charge in [-0.15, -0.1) is 0 Å². The van der Waals surface area contributed by atoms with Gasteiger partial charge in [-0.1, -0.05) is 70.7 Å². The van der Waals surface area contributed by atoms with Gasteiger partial charge in [-0.05, 0) is 62.4 Å². The van der Waals surface area contributed by atoms with Crippen molar-refractivity contribution >= 4 is 46.0 Å². The molecular weight excluding hydrogens is 435 g/mol. The molecule has 0 N–H and O–H groups in total. The van der Waals surface area contributed by atoms with Gasteiger partial charge in [-0.2, -0.15) is 0 Å². The first-order valence-electron chi connectivity index (χ1n) is 10.4. The Hall–Kier alpha value is -3.20. The predicted octanol–water partition coefficient (Wildman–Crippen LogP) is 8.26. The van der Waals surface area contributed by atoms with Crippen LogP contribution in [0.2, 0.25) is 10.0 Å². The number of hydrogen-bond donors (Lipinski definition) is 0. The van der Waals surface area contributed by atoms with Gasteiger partial charge in [0.1, 0.15) is 0 Å². The molecule has 156 valence electrons. The summed E-state index contributed by atoms with van der Waals surface area (Å²) in [5.41, 5.74) is 9.49. The van der Waals surface area contributed by atoms with Crippen LogP contribution in [0, 0.1) is 13.8 Å². The standard InChI is InChI=1S/C28H20Cl2N2/c1-17-5-3-7-19(13-17)27-23-11-9-21(29)15-25(23)32-28(20-8-4-6-18(2)14-20)24-12-10-22(30)16-26(24)31-27/h3-16H,1-2H3. The summed E-state index contributed by atoms with van der Waals surface area (Å²) in [6, 6.07) is 28.2. The first kappa shape index (κ1) is 20.7. The topological polar surface area (TPSA) is 24.7 Å². The first-order valence-corrected chi connectivity index (χ1v) is 11.1. The second-order valence-corrected chi connectivity index (χ2v) is 8.86. The van der Waals surface area contributed by atoms with Crippen molar-refractivity contribution in [2.75, 3.05) is 0 Å². The molecule has 0 radical (unpaired) electrons. The molecule has 32 heavy (non-hydrogen) atoms. The summed E-state index contributed by atoms with van der Waals surface area (Å²) in [4.78, 5) is 10.3. The van der Waals surface area contributed by atoms with Crippen LogP contribution in [-0.2, 0) is 0 Å². The smallest absolute Gasteiger partial charge is 0.0803 e. The quantitative estimate of drug-likeness (QED) is 0.256. The molecule has 1 aliphatic heterocycles. The summed E-state index contributed by atoms with van der Waals surface area (Å²) in [5.74, 6) is 0. The monoisotopic (exact) mass is 454 g/mol. The third-order valence-corrected chi connectivity index (χ3v) is 5.95. The van der Waals surface area contributed by atoms with Crippen molar-refractivity contribution in [1.82, 2.24) is 0 Å². The Morgan fingerprint density at radius 2 is 0.969 bits per heavy atom. The van der Waals surface area contributed by atoms with Crippen LogP contribution in [0.1, 0.15) is 33.4 Å². The van der Waals surface area contributed by atoms with E-state index in [1.54, 1.807) is 0 Å². The average molecular weight is 455 g/mol. The normalized spacial score (nSPS) is 12.8. The number of benzene rings is 4. The summed E-state index contributed by atoms with van der Waals surface area (Å²) in [5, 5.41) is 1.27. The maximum Gasteiger partial charge on any atom is 0.0803 e. The number of aryl methyl sites for hydroxylation is 2. The van der Waals surface area contributed by atoms with Gasteiger partial charge in [0.2, 0.25) is 0 Å². The highest BCUT2D eigenvalue weighted by Crippen LogP contribution is 2.36. The highest BCUT2D eigenvalue weighted by Gasteiger charge is 2.21. The van der Waals surface area contributed by atoms with E-state index >= 15 is 0 Å². The minimum absolute atomic E-state index is 0.636. The third kappa shape index (κ3) is 4.00. The molecular formula is C28H20Cl2N2. The van der Waals surface area contributed by atoms with Crippen LogP contribution in [0.3, 0.4) is 0 Å². The molecule has 0 bridgehead atoms. The molecule has 0 fully saturated rings. The molecule has 1 heterocycles. The Morgan fingerprint density at radius 1 is 0.531 bits per heavy atom. The van der Waals surface area contributed by atoms with E-state index < -0.39 is 0 Å². The van der Waals surface area contributed by atoms with E-state index in [2.05, 4.69) is 50.2 Å². The van der Waals surface area contributed by atoms with Crippen LogP contribution in [0.15, 0.2) is 94.9 Å². The van der Waals surface area contributed by atoms with Crippen molar-refractivity contribution < 1.29 is 0 Å². The molecule has 0 saturated carbocycles. The first-order chi connectivity index (χ1) is 15.5. The Balaban J connectivity index is 1.86. The fraction of sp³-hybridized carbons (Fsp3) is 0.0714. The van der Waals surface area contributed by atoms with Crippen molar-refractivity contribution in [3.8, 4) is 0 Å². The van der Waals surface area contributed by atoms with Crippen LogP contribution in [0.25, 0.3) is 0 Å². The summed E-state index contributed by atoms with van der Waals surface area (Å²) in [7, 11) is 0. The zero-order chi connectivity index (χ0) is 22.2. The van der Waals surface area contributed by atoms with Gasteiger partial charge < -0.3 is 0 Å². The third-order valence-electron chi connectivity index (χ3n) is 5.48. The largest absolute Gasteiger partial charge is 0.247 e. The zero-order valence-electron chi connectivity index (χ0n) is 17.7. The number of nitrogens with zero attached hydrogens (tertiary/aromatic N) is 2. The number of hydrogen-bond acceptors (Lipinski definition) is 2. The number of aliphatic imine (C=N–C) groups is 2. The molecule has 0 saturated heterocycles. The second-order valence-electron chi connectivity index (χ2n) is 7.98. The molecule has 0 atom stereocenters. The summed E-state index contributed by atoms with van der Waals surface area (Å²) >= 11 is 12.8. The second kappa shape index (κ2) is 8.38. The molecule has 1 aliphatic rings. The van der Waals surface area contributed by atoms with Gasteiger partial charge in [0.05, 0.1) is 22.8 Å². The van der Waals surface area contributed by atoms with E-state index in [0.717, 1.165) is 56.2 Å². The summed E-state index contributed by atoms with van der Waals surface area (Å²) in [6.45, 7) is 4.16. The highest BCUT2D eigenvalue weighted by atomic mass is 35.5. The van der Waals surface area contributed by atoms with Crippen molar-refractivity contribution in [1.29, 1.82) is 0 Å². The maximum absolute atomic E-state index is 6.40. The van der Waals surface area contributed by atoms with Crippen LogP contribution in [0.4, 0.5) is 11.4 Å². The Bertz CT molecular complexity index is 1310. The number of halogens is 2. The van der Waals surface area contributed by atoms with Crippen molar-refractivity contribution in [3.63, 3.8) is 0 Å². The Morgan fingerprint density at radius 3 is 1.38 bits per heavy atom. The lowest BCUT2D eigenvalue weighted by atomic mass is 9.95. The van der Waals surface area contributed by atoms with Crippen molar-refractivity contribution in [2.24, 2.45) is 9.98 Å². The molecule has 2 nitrogen and oxygen atoms in total. The minimum atomic E-state index is 0.636. The van der Waals surface area contributed by atoms with Gasteiger partial charge in [-0.25, -0.2) is 9.98 Å². The molecule has 0 unspecified atom stereocenters. The lowest BCUT2D eigenvalue weighted by Gasteiger charge is -2.19. The Kier molecular flexibility index (Phi) is 5.42. The van der Waals surface area contributed by atoms with Crippen molar-refractivity contribution in [2.45, 2.75) is 13.8 Å². The molecule has 4 aromatic carbocycles. The SMILES string of the molecule is Cc1cccc(C2=Nc3cc(Cl)ccc3C(c3cccc(C)c3)=Nc3cc(Cl)ccc32)c1. The van der Waals surface area contributed by atoms with E-state index in [1.165, 1.54) is 0 Å². The molecule has 4 heteroatoms. The van der Waals surface area contributed by atoms with Crippen LogP contribution in [-0.4, -0.2) is 11.4 Å². The molecule has 0 aromatic heterocycles. The zero-order valence-corrected chi connectivity index (χ0v) is 19.2. The molecule has 0 aliphatic carbocycles. The molecule has 5 rings (SSSR count). The van der Waals surface area contributed by atoms with Gasteiger partial charge >= 0.3 is 0 Å². The van der Waals surface area contributed by atoms with E-state index in [0.29, 0.717) is 10.0 Å². The molecule has 0 amide bonds. The summed E-state index contributed by atoms with van der Waals surface area (Å²) < 4.78 is 0. The van der Waals surface area contributed by atoms with Crippen LogP contribution >= 0.6 is 23.2 Å². The molecule has 4 aromatic rings. The van der Waals surface area contributed by atoms with E-state index in [1.807, 2.05) is 48.5 Å². The van der Waals surface area contributed by atoms with E-state index in [9.17, 15) is 0 Å². The van der Waals surface area contributed by atoms with Crippen LogP contribution in [0.5, 0.6) is 0 Å². The van der Waals surface area contributed by atoms with Crippen LogP contribution < -0.4 is 0 Å². The van der Waals surface area contributed by atoms with Gasteiger partial charge in [0.25, 0.3) is 0 Å². The predicted molar refractivity (Wildman–Crippen MR) is 136 cm³/mol. The fourth-order valence-electron chi connectivity index (χ4n) is 3.98. The van der Waals surface area contributed by atoms with E-state index in [4.69, 9.17) is 33.2 Å². The Labute approximate surface area is 197 Å². The lowest BCUT2D eigenvalue weighted by molar-refractivity contribution is 1.37. The van der Waals surface area contributed by atoms with Gasteiger partial charge in [-0.3, -0.25) is 0 Å². The lowest BCUT2D eigenvalue weighted by Crippen LogP contribution is -2.10. The van der Waals surface area contributed by atoms with Gasteiger partial charge in [0.15, 0.2) is 0 Å².